The molecule has 2 aromatic carbocycles. The van der Waals surface area contributed by atoms with E-state index < -0.39 is 0 Å². The van der Waals surface area contributed by atoms with Gasteiger partial charge in [0.2, 0.25) is 0 Å². The molecule has 0 aliphatic heterocycles. The molecule has 154 valence electrons. The number of nitrogens with zero attached hydrogens (tertiary/aromatic N) is 2. The fraction of sp³-hybridized carbons (Fsp3) is 0.333. The molecule has 0 unspecified atom stereocenters. The van der Waals surface area contributed by atoms with Gasteiger partial charge in [0.25, 0.3) is 5.56 Å². The molecule has 30 heavy (non-hydrogen) atoms. The molecule has 0 atom stereocenters. The van der Waals surface area contributed by atoms with Crippen molar-refractivity contribution in [3.8, 4) is 11.4 Å². The second-order valence-electron chi connectivity index (χ2n) is 8.02. The first-order chi connectivity index (χ1) is 14.7. The van der Waals surface area contributed by atoms with Gasteiger partial charge in [-0.15, -0.1) is 11.3 Å². The van der Waals surface area contributed by atoms with Crippen molar-refractivity contribution < 1.29 is 9.84 Å². The lowest BCUT2D eigenvalue weighted by Crippen LogP contribution is -2.18. The highest BCUT2D eigenvalue weighted by Gasteiger charge is 2.25. The molecular weight excluding hydrogens is 396 g/mol. The summed E-state index contributed by atoms with van der Waals surface area (Å²) in [6, 6.07) is 13.5. The number of hydrogen-bond donors (Lipinski definition) is 1. The van der Waals surface area contributed by atoms with Crippen molar-refractivity contribution >= 4 is 32.3 Å². The van der Waals surface area contributed by atoms with Gasteiger partial charge in [0, 0.05) is 30.2 Å². The molecule has 6 heteroatoms. The third-order valence-electron chi connectivity index (χ3n) is 6.23. The Morgan fingerprint density at radius 1 is 1.17 bits per heavy atom. The molecule has 0 saturated heterocycles. The van der Waals surface area contributed by atoms with Crippen LogP contribution in [0.2, 0.25) is 0 Å². The summed E-state index contributed by atoms with van der Waals surface area (Å²) in [7, 11) is 1.63. The summed E-state index contributed by atoms with van der Waals surface area (Å²) in [5, 5.41) is 12.2. The van der Waals surface area contributed by atoms with E-state index in [1.165, 1.54) is 0 Å². The molecule has 0 radical (unpaired) electrons. The number of aromatic nitrogens is 2. The van der Waals surface area contributed by atoms with Crippen LogP contribution in [0.3, 0.4) is 0 Å². The Balaban J connectivity index is 1.58. The SMILES string of the molecule is COc1cc2nc(C3CCC(CO)CC3)sc2cc1-n1ccc2ccccc2c1=O. The molecule has 2 aromatic heterocycles. The molecule has 4 aromatic rings. The van der Waals surface area contributed by atoms with Gasteiger partial charge in [-0.05, 0) is 55.2 Å². The van der Waals surface area contributed by atoms with Crippen LogP contribution in [0.1, 0.15) is 36.6 Å². The Labute approximate surface area is 178 Å². The van der Waals surface area contributed by atoms with Crippen molar-refractivity contribution in [2.24, 2.45) is 5.92 Å². The number of rotatable bonds is 4. The summed E-state index contributed by atoms with van der Waals surface area (Å²) in [4.78, 5) is 18.0. The molecule has 1 saturated carbocycles. The zero-order valence-electron chi connectivity index (χ0n) is 16.9. The van der Waals surface area contributed by atoms with Crippen LogP contribution in [0.25, 0.3) is 26.7 Å². The van der Waals surface area contributed by atoms with E-state index >= 15 is 0 Å². The van der Waals surface area contributed by atoms with Crippen LogP contribution in [0.5, 0.6) is 5.75 Å². The lowest BCUT2D eigenvalue weighted by molar-refractivity contribution is 0.182. The smallest absolute Gasteiger partial charge is 0.263 e. The average Bonchev–Trinajstić information content (AvgIpc) is 3.22. The van der Waals surface area contributed by atoms with Gasteiger partial charge >= 0.3 is 0 Å². The maximum atomic E-state index is 13.1. The maximum Gasteiger partial charge on any atom is 0.263 e. The monoisotopic (exact) mass is 420 g/mol. The second kappa shape index (κ2) is 7.85. The molecule has 0 bridgehead atoms. The molecule has 1 aliphatic rings. The lowest BCUT2D eigenvalue weighted by atomic mass is 9.83. The molecule has 0 amide bonds. The summed E-state index contributed by atoms with van der Waals surface area (Å²) in [6.45, 7) is 0.285. The van der Waals surface area contributed by atoms with E-state index in [2.05, 4.69) is 0 Å². The van der Waals surface area contributed by atoms with Gasteiger partial charge < -0.3 is 9.84 Å². The Kier molecular flexibility index (Phi) is 5.05. The Morgan fingerprint density at radius 2 is 1.97 bits per heavy atom. The molecule has 5 nitrogen and oxygen atoms in total. The summed E-state index contributed by atoms with van der Waals surface area (Å²) < 4.78 is 8.35. The van der Waals surface area contributed by atoms with Gasteiger partial charge in [0.05, 0.1) is 28.0 Å². The third-order valence-corrected chi connectivity index (χ3v) is 7.41. The van der Waals surface area contributed by atoms with Gasteiger partial charge in [-0.1, -0.05) is 18.2 Å². The van der Waals surface area contributed by atoms with E-state index in [9.17, 15) is 9.90 Å². The van der Waals surface area contributed by atoms with Gasteiger partial charge in [-0.25, -0.2) is 4.98 Å². The number of benzene rings is 2. The highest BCUT2D eigenvalue weighted by Crippen LogP contribution is 2.40. The van der Waals surface area contributed by atoms with E-state index in [-0.39, 0.29) is 12.2 Å². The second-order valence-corrected chi connectivity index (χ2v) is 9.08. The quantitative estimate of drug-likeness (QED) is 0.511. The van der Waals surface area contributed by atoms with Crippen molar-refractivity contribution in [1.82, 2.24) is 9.55 Å². The number of fused-ring (bicyclic) bond motifs is 2. The molecule has 5 rings (SSSR count). The fourth-order valence-electron chi connectivity index (χ4n) is 4.46. The van der Waals surface area contributed by atoms with Crippen LogP contribution < -0.4 is 10.3 Å². The molecular formula is C24H24N2O3S. The minimum absolute atomic E-state index is 0.0576. The van der Waals surface area contributed by atoms with Gasteiger partial charge in [0.1, 0.15) is 5.75 Å². The predicted octanol–water partition coefficient (Wildman–Crippen LogP) is 4.88. The van der Waals surface area contributed by atoms with Crippen molar-refractivity contribution in [3.63, 3.8) is 0 Å². The first kappa shape index (κ1) is 19.3. The minimum Gasteiger partial charge on any atom is -0.494 e. The fourth-order valence-corrected chi connectivity index (χ4v) is 5.61. The number of pyridine rings is 1. The number of methoxy groups -OCH3 is 1. The first-order valence-electron chi connectivity index (χ1n) is 10.4. The average molecular weight is 421 g/mol. The van der Waals surface area contributed by atoms with Gasteiger partial charge in [-0.3, -0.25) is 9.36 Å². The first-order valence-corrected chi connectivity index (χ1v) is 11.2. The van der Waals surface area contributed by atoms with Crippen LogP contribution in [-0.4, -0.2) is 28.4 Å². The Bertz CT molecular complexity index is 1270. The highest BCUT2D eigenvalue weighted by atomic mass is 32.1. The van der Waals surface area contributed by atoms with Crippen molar-refractivity contribution in [3.05, 3.63) is 64.0 Å². The Morgan fingerprint density at radius 3 is 2.73 bits per heavy atom. The summed E-state index contributed by atoms with van der Waals surface area (Å²) in [5.74, 6) is 1.52. The number of aliphatic hydroxyl groups excluding tert-OH is 1. The highest BCUT2D eigenvalue weighted by molar-refractivity contribution is 7.18. The van der Waals surface area contributed by atoms with E-state index in [0.29, 0.717) is 23.0 Å². The lowest BCUT2D eigenvalue weighted by Gasteiger charge is -2.25. The topological polar surface area (TPSA) is 64.3 Å². The summed E-state index contributed by atoms with van der Waals surface area (Å²) in [6.07, 6.45) is 6.06. The number of ether oxygens (including phenoxy) is 1. The van der Waals surface area contributed by atoms with Crippen LogP contribution in [0.15, 0.2) is 53.5 Å². The molecule has 1 N–H and O–H groups in total. The number of aliphatic hydroxyl groups is 1. The zero-order chi connectivity index (χ0) is 20.7. The normalized spacial score (nSPS) is 19.4. The van der Waals surface area contributed by atoms with Crippen LogP contribution in [0, 0.1) is 5.92 Å². The van der Waals surface area contributed by atoms with Crippen molar-refractivity contribution in [2.75, 3.05) is 13.7 Å². The van der Waals surface area contributed by atoms with E-state index in [4.69, 9.17) is 9.72 Å². The summed E-state index contributed by atoms with van der Waals surface area (Å²) in [5.41, 5.74) is 1.59. The summed E-state index contributed by atoms with van der Waals surface area (Å²) >= 11 is 1.71. The van der Waals surface area contributed by atoms with E-state index in [1.54, 1.807) is 23.0 Å². The molecule has 0 spiro atoms. The van der Waals surface area contributed by atoms with Crippen LogP contribution in [0.4, 0.5) is 0 Å². The standard InChI is InChI=1S/C24H24N2O3S/c1-29-21-12-19-22(30-23(25-19)17-8-6-15(14-27)7-9-17)13-20(21)26-11-10-16-4-2-3-5-18(16)24(26)28/h2-5,10-13,15,17,27H,6-9,14H2,1H3. The van der Waals surface area contributed by atoms with E-state index in [0.717, 1.165) is 52.0 Å². The van der Waals surface area contributed by atoms with Crippen molar-refractivity contribution in [2.45, 2.75) is 31.6 Å². The number of thiazole rings is 1. The third kappa shape index (κ3) is 3.30. The molecule has 1 fully saturated rings. The zero-order valence-corrected chi connectivity index (χ0v) is 17.7. The predicted molar refractivity (Wildman–Crippen MR) is 121 cm³/mol. The maximum absolute atomic E-state index is 13.1. The minimum atomic E-state index is -0.0576. The largest absolute Gasteiger partial charge is 0.494 e. The Hall–Kier alpha value is -2.70. The van der Waals surface area contributed by atoms with Gasteiger partial charge in [-0.2, -0.15) is 0 Å². The van der Waals surface area contributed by atoms with E-state index in [1.807, 2.05) is 48.7 Å². The number of hydrogen-bond acceptors (Lipinski definition) is 5. The molecule has 1 aliphatic carbocycles. The van der Waals surface area contributed by atoms with Crippen LogP contribution in [-0.2, 0) is 0 Å². The van der Waals surface area contributed by atoms with Gasteiger partial charge in [0.15, 0.2) is 0 Å². The van der Waals surface area contributed by atoms with Crippen LogP contribution >= 0.6 is 11.3 Å². The molecule has 2 heterocycles. The van der Waals surface area contributed by atoms with Crippen molar-refractivity contribution in [1.29, 1.82) is 0 Å².